The maximum absolute atomic E-state index is 13.8. The summed E-state index contributed by atoms with van der Waals surface area (Å²) in [6, 6.07) is 10.4. The fourth-order valence-electron chi connectivity index (χ4n) is 2.58. The molecule has 23 heavy (non-hydrogen) atoms. The molecular formula is C18H15ClFNO2. The molecule has 0 aromatic heterocycles. The van der Waals surface area contributed by atoms with Gasteiger partial charge in [-0.15, -0.1) is 11.6 Å². The van der Waals surface area contributed by atoms with Crippen LogP contribution >= 0.6 is 11.6 Å². The van der Waals surface area contributed by atoms with E-state index in [1.165, 1.54) is 13.2 Å². The molecule has 0 atom stereocenters. The number of alkyl halides is 1. The van der Waals surface area contributed by atoms with E-state index in [4.69, 9.17) is 16.3 Å². The largest absolute Gasteiger partial charge is 0.494 e. The Hall–Kier alpha value is -2.33. The van der Waals surface area contributed by atoms with Crippen molar-refractivity contribution in [3.8, 4) is 5.75 Å². The van der Waals surface area contributed by atoms with Crippen molar-refractivity contribution in [1.29, 1.82) is 0 Å². The number of nitrogens with one attached hydrogen (secondary N) is 1. The Balaban J connectivity index is 2.02. The number of anilines is 1. The zero-order valence-electron chi connectivity index (χ0n) is 12.5. The van der Waals surface area contributed by atoms with Gasteiger partial charge in [0.1, 0.15) is 0 Å². The summed E-state index contributed by atoms with van der Waals surface area (Å²) in [6.07, 6.45) is 2.40. The summed E-state index contributed by atoms with van der Waals surface area (Å²) < 4.78 is 18.7. The van der Waals surface area contributed by atoms with Crippen LogP contribution in [0.25, 0.3) is 11.6 Å². The number of ether oxygens (including phenoxy) is 1. The summed E-state index contributed by atoms with van der Waals surface area (Å²) in [4.78, 5) is 12.2. The first-order valence-electron chi connectivity index (χ1n) is 7.18. The van der Waals surface area contributed by atoms with E-state index >= 15 is 0 Å². The molecule has 1 heterocycles. The van der Waals surface area contributed by atoms with Gasteiger partial charge in [0.2, 0.25) is 0 Å². The minimum Gasteiger partial charge on any atom is -0.494 e. The average Bonchev–Trinajstić information content (AvgIpc) is 2.84. The van der Waals surface area contributed by atoms with Gasteiger partial charge in [0.05, 0.1) is 7.11 Å². The van der Waals surface area contributed by atoms with Crippen LogP contribution in [0.4, 0.5) is 10.1 Å². The molecule has 0 radical (unpaired) electrons. The molecule has 3 nitrogen and oxygen atoms in total. The molecule has 0 saturated heterocycles. The van der Waals surface area contributed by atoms with Gasteiger partial charge in [0, 0.05) is 22.7 Å². The molecule has 5 heteroatoms. The molecule has 0 unspecified atom stereocenters. The molecule has 1 aliphatic rings. The highest BCUT2D eigenvalue weighted by molar-refractivity contribution is 6.35. The molecule has 0 fully saturated rings. The number of fused-ring (bicyclic) bond motifs is 1. The quantitative estimate of drug-likeness (QED) is 0.676. The van der Waals surface area contributed by atoms with Crippen LogP contribution in [0.1, 0.15) is 16.7 Å². The third-order valence-electron chi connectivity index (χ3n) is 3.74. The van der Waals surface area contributed by atoms with Crippen molar-refractivity contribution in [2.75, 3.05) is 18.3 Å². The van der Waals surface area contributed by atoms with Gasteiger partial charge < -0.3 is 10.1 Å². The maximum Gasteiger partial charge on any atom is 0.256 e. The van der Waals surface area contributed by atoms with E-state index in [1.54, 1.807) is 18.2 Å². The van der Waals surface area contributed by atoms with Gasteiger partial charge in [-0.3, -0.25) is 4.79 Å². The normalized spacial score (nSPS) is 14.7. The van der Waals surface area contributed by atoms with Crippen LogP contribution < -0.4 is 10.1 Å². The smallest absolute Gasteiger partial charge is 0.256 e. The Kier molecular flexibility index (Phi) is 4.35. The Bertz CT molecular complexity index is 802. The fourth-order valence-corrected chi connectivity index (χ4v) is 2.80. The Labute approximate surface area is 138 Å². The van der Waals surface area contributed by atoms with Crippen LogP contribution in [0.5, 0.6) is 5.75 Å². The summed E-state index contributed by atoms with van der Waals surface area (Å²) in [6.45, 7) is 0. The van der Waals surface area contributed by atoms with Crippen LogP contribution in [0, 0.1) is 5.82 Å². The highest BCUT2D eigenvalue weighted by Gasteiger charge is 2.24. The van der Waals surface area contributed by atoms with Crippen molar-refractivity contribution in [2.24, 2.45) is 0 Å². The van der Waals surface area contributed by atoms with E-state index in [-0.39, 0.29) is 11.7 Å². The first-order valence-corrected chi connectivity index (χ1v) is 7.71. The van der Waals surface area contributed by atoms with Crippen molar-refractivity contribution in [1.82, 2.24) is 0 Å². The SMILES string of the molecule is COc1ccc(C=C2C(=O)Nc3ccc(CCCl)cc32)cc1F. The first-order chi connectivity index (χ1) is 11.1. The van der Waals surface area contributed by atoms with Crippen LogP contribution in [0.2, 0.25) is 0 Å². The number of rotatable bonds is 4. The number of hydrogen-bond acceptors (Lipinski definition) is 2. The standard InChI is InChI=1S/C18H15ClFNO2/c1-23-17-5-3-12(10-15(17)20)9-14-13-8-11(6-7-19)2-4-16(13)21-18(14)22/h2-5,8-10H,6-7H2,1H3,(H,21,22). The zero-order valence-corrected chi connectivity index (χ0v) is 13.3. The van der Waals surface area contributed by atoms with Crippen LogP contribution in [-0.2, 0) is 11.2 Å². The second-order valence-electron chi connectivity index (χ2n) is 5.23. The summed E-state index contributed by atoms with van der Waals surface area (Å²) in [7, 11) is 1.41. The summed E-state index contributed by atoms with van der Waals surface area (Å²) in [5, 5.41) is 2.82. The van der Waals surface area contributed by atoms with E-state index in [2.05, 4.69) is 5.32 Å². The Morgan fingerprint density at radius 2 is 2.09 bits per heavy atom. The molecule has 0 spiro atoms. The maximum atomic E-state index is 13.8. The third kappa shape index (κ3) is 3.08. The lowest BCUT2D eigenvalue weighted by atomic mass is 10.0. The minimum absolute atomic E-state index is 0.174. The Morgan fingerprint density at radius 1 is 1.26 bits per heavy atom. The van der Waals surface area contributed by atoms with E-state index < -0.39 is 5.82 Å². The van der Waals surface area contributed by atoms with E-state index in [0.717, 1.165) is 23.2 Å². The number of aryl methyl sites for hydroxylation is 1. The molecule has 2 aromatic rings. The van der Waals surface area contributed by atoms with Crippen LogP contribution in [0.15, 0.2) is 36.4 Å². The molecule has 0 aliphatic carbocycles. The second-order valence-corrected chi connectivity index (χ2v) is 5.60. The summed E-state index contributed by atoms with van der Waals surface area (Å²) in [5.74, 6) is 0.0338. The van der Waals surface area contributed by atoms with Gasteiger partial charge in [-0.05, 0) is 47.9 Å². The number of methoxy groups -OCH3 is 1. The van der Waals surface area contributed by atoms with Gasteiger partial charge in [-0.2, -0.15) is 0 Å². The van der Waals surface area contributed by atoms with Crippen LogP contribution in [-0.4, -0.2) is 18.9 Å². The Morgan fingerprint density at radius 3 is 2.78 bits per heavy atom. The molecule has 1 N–H and O–H groups in total. The lowest BCUT2D eigenvalue weighted by Crippen LogP contribution is -2.03. The van der Waals surface area contributed by atoms with Gasteiger partial charge in [0.25, 0.3) is 5.91 Å². The van der Waals surface area contributed by atoms with E-state index in [1.807, 2.05) is 18.2 Å². The van der Waals surface area contributed by atoms with Crippen molar-refractivity contribution in [3.05, 3.63) is 58.9 Å². The number of halogens is 2. The average molecular weight is 332 g/mol. The van der Waals surface area contributed by atoms with Gasteiger partial charge >= 0.3 is 0 Å². The van der Waals surface area contributed by atoms with Gasteiger partial charge in [-0.1, -0.05) is 12.1 Å². The minimum atomic E-state index is -0.462. The molecule has 2 aromatic carbocycles. The van der Waals surface area contributed by atoms with E-state index in [0.29, 0.717) is 17.0 Å². The van der Waals surface area contributed by atoms with E-state index in [9.17, 15) is 9.18 Å². The monoisotopic (exact) mass is 331 g/mol. The lowest BCUT2D eigenvalue weighted by Gasteiger charge is -2.04. The number of benzene rings is 2. The second kappa shape index (κ2) is 6.42. The molecule has 1 amide bonds. The first kappa shape index (κ1) is 15.6. The fraction of sp³-hybridized carbons (Fsp3) is 0.167. The summed E-state index contributed by atoms with van der Waals surface area (Å²) >= 11 is 5.78. The lowest BCUT2D eigenvalue weighted by molar-refractivity contribution is -0.110. The highest BCUT2D eigenvalue weighted by Crippen LogP contribution is 2.34. The molecule has 3 rings (SSSR count). The van der Waals surface area contributed by atoms with Crippen molar-refractivity contribution in [2.45, 2.75) is 6.42 Å². The predicted molar refractivity (Wildman–Crippen MR) is 90.3 cm³/mol. The zero-order chi connectivity index (χ0) is 16.4. The number of carbonyl (C=O) groups is 1. The van der Waals surface area contributed by atoms with Gasteiger partial charge in [0.15, 0.2) is 11.6 Å². The number of hydrogen-bond donors (Lipinski definition) is 1. The van der Waals surface area contributed by atoms with Crippen molar-refractivity contribution >= 4 is 34.8 Å². The van der Waals surface area contributed by atoms with Gasteiger partial charge in [-0.25, -0.2) is 4.39 Å². The topological polar surface area (TPSA) is 38.3 Å². The van der Waals surface area contributed by atoms with Crippen LogP contribution in [0.3, 0.4) is 0 Å². The van der Waals surface area contributed by atoms with Crippen molar-refractivity contribution < 1.29 is 13.9 Å². The summed E-state index contributed by atoms with van der Waals surface area (Å²) in [5.41, 5.74) is 3.74. The molecule has 0 bridgehead atoms. The number of amides is 1. The predicted octanol–water partition coefficient (Wildman–Crippen LogP) is 4.11. The molecule has 1 aliphatic heterocycles. The highest BCUT2D eigenvalue weighted by atomic mass is 35.5. The third-order valence-corrected chi connectivity index (χ3v) is 3.93. The van der Waals surface area contributed by atoms with Crippen molar-refractivity contribution in [3.63, 3.8) is 0 Å². The number of carbonyl (C=O) groups excluding carboxylic acids is 1. The molecule has 118 valence electrons. The molecular weight excluding hydrogens is 317 g/mol. The molecule has 0 saturated carbocycles.